The van der Waals surface area contributed by atoms with Crippen molar-refractivity contribution in [1.82, 2.24) is 14.9 Å². The Hall–Kier alpha value is -1.54. The molecule has 0 aromatic carbocycles. The molecule has 1 aromatic heterocycles. The smallest absolute Gasteiger partial charge is 0.422 e. The molecule has 2 N–H and O–H groups in total. The summed E-state index contributed by atoms with van der Waals surface area (Å²) in [7, 11) is 0. The van der Waals surface area contributed by atoms with E-state index < -0.39 is 18.3 Å². The molecule has 0 fully saturated rings. The molecule has 0 aliphatic rings. The Morgan fingerprint density at radius 3 is 2.71 bits per heavy atom. The first-order valence-corrected chi connectivity index (χ1v) is 6.62. The lowest BCUT2D eigenvalue weighted by atomic mass is 10.0. The van der Waals surface area contributed by atoms with Crippen molar-refractivity contribution in [2.24, 2.45) is 0 Å². The van der Waals surface area contributed by atoms with Gasteiger partial charge < -0.3 is 19.7 Å². The van der Waals surface area contributed by atoms with Crippen LogP contribution in [-0.4, -0.2) is 39.6 Å². The summed E-state index contributed by atoms with van der Waals surface area (Å²) in [6.45, 7) is 3.95. The molecule has 120 valence electrons. The Balaban J connectivity index is 2.66. The van der Waals surface area contributed by atoms with Gasteiger partial charge in [-0.3, -0.25) is 0 Å². The van der Waals surface area contributed by atoms with E-state index in [-0.39, 0.29) is 13.2 Å². The molecule has 8 heteroatoms. The number of aryl methyl sites for hydroxylation is 1. The average Bonchev–Trinajstić information content (AvgIpc) is 2.85. The van der Waals surface area contributed by atoms with Crippen LogP contribution in [0.25, 0.3) is 0 Å². The summed E-state index contributed by atoms with van der Waals surface area (Å²) in [5.74, 6) is 0. The molecule has 5 nitrogen and oxygen atoms in total. The molecule has 0 saturated heterocycles. The predicted molar refractivity (Wildman–Crippen MR) is 71.4 cm³/mol. The van der Waals surface area contributed by atoms with Crippen molar-refractivity contribution >= 4 is 0 Å². The van der Waals surface area contributed by atoms with Gasteiger partial charge in [0.1, 0.15) is 0 Å². The third kappa shape index (κ3) is 4.75. The van der Waals surface area contributed by atoms with Crippen LogP contribution < -0.4 is 5.32 Å². The maximum absolute atomic E-state index is 12.9. The SMILES string of the molecule is CCO/C=C/[C@@](O)(CNCc1cncn1CC)C(F)(F)F. The van der Waals surface area contributed by atoms with E-state index in [0.29, 0.717) is 12.6 Å². The summed E-state index contributed by atoms with van der Waals surface area (Å²) < 4.78 is 45.3. The lowest BCUT2D eigenvalue weighted by Crippen LogP contribution is -2.51. The highest BCUT2D eigenvalue weighted by Gasteiger charge is 2.51. The minimum absolute atomic E-state index is 0.175. The van der Waals surface area contributed by atoms with Crippen molar-refractivity contribution in [3.8, 4) is 0 Å². The minimum Gasteiger partial charge on any atom is -0.502 e. The first kappa shape index (κ1) is 17.5. The van der Waals surface area contributed by atoms with Gasteiger partial charge in [-0.2, -0.15) is 13.2 Å². The Kier molecular flexibility index (Phi) is 6.22. The molecule has 0 amide bonds. The minimum atomic E-state index is -4.79. The number of hydrogen-bond acceptors (Lipinski definition) is 4. The summed E-state index contributed by atoms with van der Waals surface area (Å²) >= 11 is 0. The first-order chi connectivity index (χ1) is 9.84. The molecular formula is C13H20F3N3O2. The molecule has 1 rings (SSSR count). The van der Waals surface area contributed by atoms with Gasteiger partial charge in [0.05, 0.1) is 24.9 Å². The second-order valence-electron chi connectivity index (χ2n) is 4.45. The van der Waals surface area contributed by atoms with Gasteiger partial charge in [-0.15, -0.1) is 0 Å². The predicted octanol–water partition coefficient (Wildman–Crippen LogP) is 1.84. The van der Waals surface area contributed by atoms with Crippen LogP contribution in [0, 0.1) is 0 Å². The number of rotatable bonds is 8. The highest BCUT2D eigenvalue weighted by atomic mass is 19.4. The van der Waals surface area contributed by atoms with E-state index in [4.69, 9.17) is 4.74 Å². The van der Waals surface area contributed by atoms with Crippen LogP contribution in [0.4, 0.5) is 13.2 Å². The van der Waals surface area contributed by atoms with E-state index in [1.54, 1.807) is 24.0 Å². The zero-order valence-corrected chi connectivity index (χ0v) is 12.0. The van der Waals surface area contributed by atoms with Crippen molar-refractivity contribution in [2.45, 2.75) is 38.7 Å². The zero-order valence-electron chi connectivity index (χ0n) is 12.0. The van der Waals surface area contributed by atoms with E-state index >= 15 is 0 Å². The highest BCUT2D eigenvalue weighted by molar-refractivity contribution is 5.06. The molecule has 21 heavy (non-hydrogen) atoms. The van der Waals surface area contributed by atoms with Crippen LogP contribution in [0.3, 0.4) is 0 Å². The van der Waals surface area contributed by atoms with Crippen molar-refractivity contribution in [3.05, 3.63) is 30.6 Å². The quantitative estimate of drug-likeness (QED) is 0.720. The van der Waals surface area contributed by atoms with E-state index in [1.807, 2.05) is 6.92 Å². The fraction of sp³-hybridized carbons (Fsp3) is 0.615. The van der Waals surface area contributed by atoms with Crippen molar-refractivity contribution in [2.75, 3.05) is 13.2 Å². The third-order valence-electron chi connectivity index (χ3n) is 2.94. The lowest BCUT2D eigenvalue weighted by molar-refractivity contribution is -0.238. The van der Waals surface area contributed by atoms with Crippen LogP contribution in [0.2, 0.25) is 0 Å². The fourth-order valence-electron chi connectivity index (χ4n) is 1.67. The number of alkyl halides is 3. The lowest BCUT2D eigenvalue weighted by Gasteiger charge is -2.27. The van der Waals surface area contributed by atoms with Crippen molar-refractivity contribution < 1.29 is 23.0 Å². The highest BCUT2D eigenvalue weighted by Crippen LogP contribution is 2.31. The Labute approximate surface area is 121 Å². The maximum Gasteiger partial charge on any atom is 0.422 e. The number of nitrogens with zero attached hydrogens (tertiary/aromatic N) is 2. The fourth-order valence-corrected chi connectivity index (χ4v) is 1.67. The van der Waals surface area contributed by atoms with Crippen LogP contribution in [-0.2, 0) is 17.8 Å². The van der Waals surface area contributed by atoms with Gasteiger partial charge in [-0.1, -0.05) is 0 Å². The summed E-state index contributed by atoms with van der Waals surface area (Å²) in [6, 6.07) is 0. The van der Waals surface area contributed by atoms with E-state index in [0.717, 1.165) is 12.0 Å². The summed E-state index contributed by atoms with van der Waals surface area (Å²) in [4.78, 5) is 3.92. The maximum atomic E-state index is 12.9. The van der Waals surface area contributed by atoms with Gasteiger partial charge in [0.25, 0.3) is 0 Å². The summed E-state index contributed by atoms with van der Waals surface area (Å²) in [5.41, 5.74) is -2.23. The van der Waals surface area contributed by atoms with Crippen LogP contribution in [0.5, 0.6) is 0 Å². The average molecular weight is 307 g/mol. The van der Waals surface area contributed by atoms with Gasteiger partial charge in [0.15, 0.2) is 5.60 Å². The molecule has 0 spiro atoms. The van der Waals surface area contributed by atoms with E-state index in [1.165, 1.54) is 0 Å². The first-order valence-electron chi connectivity index (χ1n) is 6.62. The van der Waals surface area contributed by atoms with Gasteiger partial charge in [0.2, 0.25) is 0 Å². The van der Waals surface area contributed by atoms with Gasteiger partial charge >= 0.3 is 6.18 Å². The molecule has 0 radical (unpaired) electrons. The molecule has 1 aromatic rings. The topological polar surface area (TPSA) is 59.3 Å². The Bertz CT molecular complexity index is 460. The van der Waals surface area contributed by atoms with Gasteiger partial charge in [-0.25, -0.2) is 4.98 Å². The van der Waals surface area contributed by atoms with Gasteiger partial charge in [-0.05, 0) is 19.9 Å². The molecular weight excluding hydrogens is 287 g/mol. The summed E-state index contributed by atoms with van der Waals surface area (Å²) in [5, 5.41) is 12.4. The molecule has 0 aliphatic carbocycles. The zero-order chi connectivity index (χ0) is 15.9. The molecule has 1 heterocycles. The number of imidazole rings is 1. The number of halogens is 3. The molecule has 0 unspecified atom stereocenters. The van der Waals surface area contributed by atoms with Crippen molar-refractivity contribution in [1.29, 1.82) is 0 Å². The van der Waals surface area contributed by atoms with Crippen LogP contribution in [0.15, 0.2) is 24.9 Å². The number of aliphatic hydroxyl groups is 1. The third-order valence-corrected chi connectivity index (χ3v) is 2.94. The molecule has 0 aliphatic heterocycles. The van der Waals surface area contributed by atoms with Crippen LogP contribution >= 0.6 is 0 Å². The number of hydrogen-bond donors (Lipinski definition) is 2. The van der Waals surface area contributed by atoms with Gasteiger partial charge in [0, 0.05) is 25.8 Å². The Morgan fingerprint density at radius 2 is 2.14 bits per heavy atom. The standard InChI is InChI=1S/C13H20F3N3O2/c1-3-19-10-18-8-11(19)7-17-9-12(20,13(14,15)16)5-6-21-4-2/h5-6,8,10,17,20H,3-4,7,9H2,1-2H3/b6-5+/t12-/m1/s1. The van der Waals surface area contributed by atoms with E-state index in [9.17, 15) is 18.3 Å². The Morgan fingerprint density at radius 1 is 1.43 bits per heavy atom. The normalized spacial score (nSPS) is 15.3. The number of aromatic nitrogens is 2. The molecule has 0 bridgehead atoms. The van der Waals surface area contributed by atoms with Crippen molar-refractivity contribution in [3.63, 3.8) is 0 Å². The van der Waals surface area contributed by atoms with E-state index in [2.05, 4.69) is 10.3 Å². The molecule has 0 saturated carbocycles. The number of nitrogens with one attached hydrogen (secondary N) is 1. The van der Waals surface area contributed by atoms with Crippen LogP contribution in [0.1, 0.15) is 19.5 Å². The second-order valence-corrected chi connectivity index (χ2v) is 4.45. The number of ether oxygens (including phenoxy) is 1. The second kappa shape index (κ2) is 7.46. The molecule has 1 atom stereocenters. The monoisotopic (exact) mass is 307 g/mol. The largest absolute Gasteiger partial charge is 0.502 e. The summed E-state index contributed by atoms with van der Waals surface area (Å²) in [6.07, 6.45) is -0.147.